The lowest BCUT2D eigenvalue weighted by atomic mass is 9.78. The number of aliphatic imine (C=N–C) groups is 1. The number of amidine groups is 1. The van der Waals surface area contributed by atoms with E-state index in [1.54, 1.807) is 6.92 Å². The van der Waals surface area contributed by atoms with E-state index in [9.17, 15) is 22.4 Å². The smallest absolute Gasteiger partial charge is 0.415 e. The third kappa shape index (κ3) is 4.80. The molecule has 8 nitrogen and oxygen atoms in total. The van der Waals surface area contributed by atoms with Crippen LogP contribution in [0.2, 0.25) is 0 Å². The molecule has 2 aliphatic rings. The molecule has 0 radical (unpaired) electrons. The molecule has 2 aromatic rings. The first-order valence-electron chi connectivity index (χ1n) is 9.86. The number of nitrogens with zero attached hydrogens (tertiary/aromatic N) is 3. The molecule has 0 unspecified atom stereocenters. The number of alkyl halides is 3. The van der Waals surface area contributed by atoms with Gasteiger partial charge in [0.2, 0.25) is 5.88 Å². The van der Waals surface area contributed by atoms with Crippen LogP contribution in [0.4, 0.5) is 23.2 Å². The van der Waals surface area contributed by atoms with Crippen molar-refractivity contribution in [1.29, 1.82) is 0 Å². The van der Waals surface area contributed by atoms with E-state index in [4.69, 9.17) is 15.2 Å². The monoisotopic (exact) mass is 501 g/mol. The predicted molar refractivity (Wildman–Crippen MR) is 119 cm³/mol. The average Bonchev–Trinajstić information content (AvgIpc) is 3.15. The summed E-state index contributed by atoms with van der Waals surface area (Å²) in [7, 11) is 0. The SMILES string of the molecule is C.CCOc1cnc(C(=O)Nc2ccc(F)c([C@]34CO[C@H](C(F)(F)F)[C@H]3CSC(N)=N4)c2)cn1. The van der Waals surface area contributed by atoms with Crippen LogP contribution in [0, 0.1) is 11.7 Å². The van der Waals surface area contributed by atoms with Gasteiger partial charge in [-0.05, 0) is 25.1 Å². The molecule has 3 atom stereocenters. The number of nitrogens with two attached hydrogens (primary N) is 1. The van der Waals surface area contributed by atoms with Crippen molar-refractivity contribution >= 4 is 28.5 Å². The summed E-state index contributed by atoms with van der Waals surface area (Å²) in [6, 6.07) is 3.58. The number of hydrogen-bond donors (Lipinski definition) is 2. The minimum Gasteiger partial charge on any atom is -0.477 e. The van der Waals surface area contributed by atoms with Crippen LogP contribution in [0.15, 0.2) is 35.6 Å². The first-order chi connectivity index (χ1) is 15.6. The summed E-state index contributed by atoms with van der Waals surface area (Å²) in [6.07, 6.45) is -4.27. The van der Waals surface area contributed by atoms with E-state index in [0.29, 0.717) is 6.61 Å². The number of benzene rings is 1. The molecule has 1 aromatic heterocycles. The highest BCUT2D eigenvalue weighted by Gasteiger charge is 2.62. The molecule has 3 heterocycles. The van der Waals surface area contributed by atoms with Gasteiger partial charge in [0.1, 0.15) is 17.1 Å². The Morgan fingerprint density at radius 1 is 1.35 bits per heavy atom. The topological polar surface area (TPSA) is 112 Å². The number of carbonyl (C=O) groups is 1. The number of carbonyl (C=O) groups excluding carboxylic acids is 1. The molecule has 0 spiro atoms. The van der Waals surface area contributed by atoms with Gasteiger partial charge >= 0.3 is 6.18 Å². The van der Waals surface area contributed by atoms with Crippen LogP contribution >= 0.6 is 11.8 Å². The summed E-state index contributed by atoms with van der Waals surface area (Å²) in [5, 5.41) is 2.59. The first kappa shape index (κ1) is 25.7. The molecule has 1 amide bonds. The molecule has 1 saturated heterocycles. The van der Waals surface area contributed by atoms with Crippen LogP contribution in [0.25, 0.3) is 0 Å². The molecule has 0 saturated carbocycles. The number of halogens is 4. The van der Waals surface area contributed by atoms with E-state index in [0.717, 1.165) is 17.8 Å². The van der Waals surface area contributed by atoms with Crippen LogP contribution in [-0.4, -0.2) is 52.3 Å². The van der Waals surface area contributed by atoms with Gasteiger partial charge in [0.15, 0.2) is 11.3 Å². The normalized spacial score (nSPS) is 24.0. The number of aromatic nitrogens is 2. The minimum atomic E-state index is -4.65. The number of hydrogen-bond acceptors (Lipinski definition) is 8. The second-order valence-electron chi connectivity index (χ2n) is 7.39. The minimum absolute atomic E-state index is 0. The third-order valence-electron chi connectivity index (χ3n) is 5.35. The Kier molecular flexibility index (Phi) is 7.36. The Morgan fingerprint density at radius 3 is 2.76 bits per heavy atom. The number of ether oxygens (including phenoxy) is 2. The van der Waals surface area contributed by atoms with Gasteiger partial charge in [-0.1, -0.05) is 19.2 Å². The van der Waals surface area contributed by atoms with Gasteiger partial charge in [0.05, 0.1) is 25.6 Å². The van der Waals surface area contributed by atoms with E-state index < -0.39 is 42.1 Å². The zero-order valence-corrected chi connectivity index (χ0v) is 18.0. The fourth-order valence-corrected chi connectivity index (χ4v) is 4.91. The van der Waals surface area contributed by atoms with Crippen LogP contribution in [-0.2, 0) is 10.3 Å². The third-order valence-corrected chi connectivity index (χ3v) is 6.26. The van der Waals surface area contributed by atoms with Crippen molar-refractivity contribution in [3.63, 3.8) is 0 Å². The Hall–Kier alpha value is -2.93. The molecule has 34 heavy (non-hydrogen) atoms. The van der Waals surface area contributed by atoms with Gasteiger partial charge in [0, 0.05) is 22.9 Å². The molecule has 1 aromatic carbocycles. The summed E-state index contributed by atoms with van der Waals surface area (Å²) in [4.78, 5) is 24.7. The number of amides is 1. The Balaban J connectivity index is 0.00000324. The molecule has 2 aliphatic heterocycles. The fourth-order valence-electron chi connectivity index (χ4n) is 3.88. The van der Waals surface area contributed by atoms with Crippen molar-refractivity contribution in [1.82, 2.24) is 9.97 Å². The van der Waals surface area contributed by atoms with Crippen molar-refractivity contribution in [2.24, 2.45) is 16.6 Å². The highest BCUT2D eigenvalue weighted by molar-refractivity contribution is 8.13. The molecule has 0 aliphatic carbocycles. The average molecular weight is 502 g/mol. The highest BCUT2D eigenvalue weighted by Crippen LogP contribution is 2.52. The quantitative estimate of drug-likeness (QED) is 0.601. The maximum atomic E-state index is 14.9. The molecule has 4 rings (SSSR count). The Bertz CT molecular complexity index is 1080. The predicted octanol–water partition coefficient (Wildman–Crippen LogP) is 3.74. The lowest BCUT2D eigenvalue weighted by Crippen LogP contribution is -2.46. The molecule has 1 fully saturated rings. The number of thioether (sulfide) groups is 1. The van der Waals surface area contributed by atoms with E-state index in [1.807, 2.05) is 0 Å². The molecule has 184 valence electrons. The Labute approximate surface area is 197 Å². The molecule has 3 N–H and O–H groups in total. The van der Waals surface area contributed by atoms with E-state index in [1.165, 1.54) is 24.5 Å². The fraction of sp³-hybridized carbons (Fsp3) is 0.429. The van der Waals surface area contributed by atoms with Crippen LogP contribution in [0.1, 0.15) is 30.4 Å². The number of nitrogens with one attached hydrogen (secondary N) is 1. The van der Waals surface area contributed by atoms with Gasteiger partial charge in [-0.3, -0.25) is 4.79 Å². The summed E-state index contributed by atoms with van der Waals surface area (Å²) in [6.45, 7) is 1.65. The molecular formula is C21H23F4N5O3S. The largest absolute Gasteiger partial charge is 0.477 e. The van der Waals surface area contributed by atoms with Gasteiger partial charge in [-0.15, -0.1) is 0 Å². The van der Waals surface area contributed by atoms with Gasteiger partial charge in [-0.25, -0.2) is 19.4 Å². The van der Waals surface area contributed by atoms with Gasteiger partial charge in [-0.2, -0.15) is 13.2 Å². The van der Waals surface area contributed by atoms with Crippen LogP contribution < -0.4 is 15.8 Å². The number of rotatable bonds is 5. The van der Waals surface area contributed by atoms with E-state index in [2.05, 4.69) is 20.3 Å². The zero-order chi connectivity index (χ0) is 23.8. The maximum Gasteiger partial charge on any atom is 0.415 e. The summed E-state index contributed by atoms with van der Waals surface area (Å²) in [5.41, 5.74) is 4.11. The number of fused-ring (bicyclic) bond motifs is 1. The molecule has 0 bridgehead atoms. The molecule has 13 heteroatoms. The maximum absolute atomic E-state index is 14.9. The lowest BCUT2D eigenvalue weighted by Gasteiger charge is -2.36. The first-order valence-corrected chi connectivity index (χ1v) is 10.9. The lowest BCUT2D eigenvalue weighted by molar-refractivity contribution is -0.215. The Morgan fingerprint density at radius 2 is 2.12 bits per heavy atom. The van der Waals surface area contributed by atoms with Crippen molar-refractivity contribution < 1.29 is 31.8 Å². The van der Waals surface area contributed by atoms with Crippen molar-refractivity contribution in [2.75, 3.05) is 24.3 Å². The van der Waals surface area contributed by atoms with Crippen LogP contribution in [0.3, 0.4) is 0 Å². The van der Waals surface area contributed by atoms with Crippen molar-refractivity contribution in [3.8, 4) is 5.88 Å². The van der Waals surface area contributed by atoms with E-state index in [-0.39, 0.29) is 41.2 Å². The summed E-state index contributed by atoms with van der Waals surface area (Å²) < 4.78 is 65.8. The summed E-state index contributed by atoms with van der Waals surface area (Å²) >= 11 is 0.960. The highest BCUT2D eigenvalue weighted by atomic mass is 32.2. The zero-order valence-electron chi connectivity index (χ0n) is 17.2. The second kappa shape index (κ2) is 9.74. The standard InChI is InChI=1S/C20H19F4N5O3S.CH4/c1-2-31-15-7-26-14(6-27-15)17(30)28-10-3-4-13(21)11(5-10)19-9-32-16(20(22,23)24)12(19)8-33-18(25)29-19;/h3-7,12,16H,2,8-9H2,1H3,(H2,25,29)(H,28,30);1H4/t12-,16+,19-;/m1./s1. The number of anilines is 1. The second-order valence-corrected chi connectivity index (χ2v) is 8.43. The van der Waals surface area contributed by atoms with E-state index >= 15 is 0 Å². The summed E-state index contributed by atoms with van der Waals surface area (Å²) in [5.74, 6) is -2.41. The van der Waals surface area contributed by atoms with Gasteiger partial charge in [0.25, 0.3) is 5.91 Å². The molecular weight excluding hydrogens is 478 g/mol. The van der Waals surface area contributed by atoms with Crippen molar-refractivity contribution in [3.05, 3.63) is 47.7 Å². The van der Waals surface area contributed by atoms with Crippen molar-refractivity contribution in [2.45, 2.75) is 32.2 Å². The van der Waals surface area contributed by atoms with Crippen LogP contribution in [0.5, 0.6) is 5.88 Å². The van der Waals surface area contributed by atoms with Gasteiger partial charge < -0.3 is 20.5 Å².